The van der Waals surface area contributed by atoms with Gasteiger partial charge >= 0.3 is 5.69 Å². The molecule has 0 unspecified atom stereocenters. The second-order valence-electron chi connectivity index (χ2n) is 8.03. The van der Waals surface area contributed by atoms with Crippen molar-refractivity contribution < 1.29 is 9.53 Å². The van der Waals surface area contributed by atoms with E-state index in [1.807, 2.05) is 51.1 Å². The first-order valence-corrected chi connectivity index (χ1v) is 11.4. The Labute approximate surface area is 194 Å². The molecule has 33 heavy (non-hydrogen) atoms. The van der Waals surface area contributed by atoms with Crippen LogP contribution in [0.4, 0.5) is 5.69 Å². The van der Waals surface area contributed by atoms with Crippen LogP contribution in [-0.2, 0) is 17.9 Å². The molecule has 4 rings (SSSR count). The van der Waals surface area contributed by atoms with Crippen molar-refractivity contribution in [1.82, 2.24) is 9.13 Å². The maximum absolute atomic E-state index is 13.4. The lowest BCUT2D eigenvalue weighted by atomic mass is 10.1. The second kappa shape index (κ2) is 9.07. The van der Waals surface area contributed by atoms with Crippen molar-refractivity contribution in [1.29, 1.82) is 0 Å². The van der Waals surface area contributed by atoms with Gasteiger partial charge in [-0.1, -0.05) is 35.9 Å². The number of thiophene rings is 1. The highest BCUT2D eigenvalue weighted by molar-refractivity contribution is 7.17. The van der Waals surface area contributed by atoms with Crippen molar-refractivity contribution in [3.8, 4) is 5.75 Å². The minimum atomic E-state index is -0.538. The van der Waals surface area contributed by atoms with Crippen LogP contribution in [-0.4, -0.2) is 22.2 Å². The van der Waals surface area contributed by atoms with Gasteiger partial charge in [-0.2, -0.15) is 0 Å². The summed E-state index contributed by atoms with van der Waals surface area (Å²) in [5.41, 5.74) is 4.01. The molecule has 7 nitrogen and oxygen atoms in total. The summed E-state index contributed by atoms with van der Waals surface area (Å²) >= 11 is 1.25. The molecule has 0 atom stereocenters. The molecule has 0 aliphatic rings. The van der Waals surface area contributed by atoms with E-state index in [0.29, 0.717) is 21.5 Å². The van der Waals surface area contributed by atoms with E-state index >= 15 is 0 Å². The number of aryl methyl sites for hydroxylation is 3. The Kier molecular flexibility index (Phi) is 6.20. The smallest absolute Gasteiger partial charge is 0.332 e. The van der Waals surface area contributed by atoms with Gasteiger partial charge in [-0.25, -0.2) is 4.79 Å². The molecule has 0 saturated carbocycles. The molecule has 2 aromatic heterocycles. The Hall–Kier alpha value is -3.65. The second-order valence-corrected chi connectivity index (χ2v) is 8.94. The summed E-state index contributed by atoms with van der Waals surface area (Å²) in [6, 6.07) is 12.9. The number of fused-ring (bicyclic) bond motifs is 1. The van der Waals surface area contributed by atoms with Crippen molar-refractivity contribution in [2.45, 2.75) is 33.9 Å². The lowest BCUT2D eigenvalue weighted by molar-refractivity contribution is -0.116. The fourth-order valence-electron chi connectivity index (χ4n) is 4.13. The third kappa shape index (κ3) is 4.34. The molecule has 0 aliphatic heterocycles. The molecule has 0 aliphatic carbocycles. The van der Waals surface area contributed by atoms with Gasteiger partial charge in [0, 0.05) is 11.3 Å². The van der Waals surface area contributed by atoms with E-state index in [0.717, 1.165) is 26.9 Å². The number of hydrogen-bond acceptors (Lipinski definition) is 5. The summed E-state index contributed by atoms with van der Waals surface area (Å²) in [7, 11) is 1.54. The largest absolute Gasteiger partial charge is 0.496 e. The normalized spacial score (nSPS) is 11.0. The summed E-state index contributed by atoms with van der Waals surface area (Å²) in [5.74, 6) is 0.256. The molecule has 0 saturated heterocycles. The minimum Gasteiger partial charge on any atom is -0.496 e. The van der Waals surface area contributed by atoms with Crippen molar-refractivity contribution in [2.24, 2.45) is 0 Å². The number of aromatic nitrogens is 2. The number of rotatable bonds is 6. The Morgan fingerprint density at radius 3 is 2.42 bits per heavy atom. The molecule has 2 heterocycles. The lowest BCUT2D eigenvalue weighted by Gasteiger charge is -2.15. The minimum absolute atomic E-state index is 0.0489. The summed E-state index contributed by atoms with van der Waals surface area (Å²) in [5, 5.41) is 4.69. The van der Waals surface area contributed by atoms with Gasteiger partial charge in [-0.15, -0.1) is 11.3 Å². The quantitative estimate of drug-likeness (QED) is 0.471. The summed E-state index contributed by atoms with van der Waals surface area (Å²) < 4.78 is 8.32. The Morgan fingerprint density at radius 2 is 1.73 bits per heavy atom. The number of nitrogens with one attached hydrogen (secondary N) is 1. The van der Waals surface area contributed by atoms with E-state index in [2.05, 4.69) is 5.32 Å². The molecular formula is C25H25N3O4S. The molecule has 8 heteroatoms. The number of carbonyl (C=O) groups is 1. The monoisotopic (exact) mass is 463 g/mol. The molecule has 0 bridgehead atoms. The van der Waals surface area contributed by atoms with Crippen LogP contribution < -0.4 is 21.3 Å². The third-order valence-corrected chi connectivity index (χ3v) is 6.49. The van der Waals surface area contributed by atoms with Crippen LogP contribution in [0.15, 0.2) is 57.4 Å². The van der Waals surface area contributed by atoms with E-state index < -0.39 is 5.69 Å². The van der Waals surface area contributed by atoms with Gasteiger partial charge in [0.15, 0.2) is 0 Å². The first-order chi connectivity index (χ1) is 15.8. The van der Waals surface area contributed by atoms with E-state index in [-0.39, 0.29) is 24.6 Å². The molecule has 170 valence electrons. The van der Waals surface area contributed by atoms with E-state index in [4.69, 9.17) is 4.74 Å². The topological polar surface area (TPSA) is 82.3 Å². The number of benzene rings is 2. The molecule has 1 amide bonds. The van der Waals surface area contributed by atoms with Crippen molar-refractivity contribution in [3.63, 3.8) is 0 Å². The summed E-state index contributed by atoms with van der Waals surface area (Å²) in [6.07, 6.45) is 0. The molecular weight excluding hydrogens is 438 g/mol. The first kappa shape index (κ1) is 22.5. The Balaban J connectivity index is 1.74. The van der Waals surface area contributed by atoms with Crippen molar-refractivity contribution in [2.75, 3.05) is 12.4 Å². The van der Waals surface area contributed by atoms with Gasteiger partial charge in [0.2, 0.25) is 5.91 Å². The van der Waals surface area contributed by atoms with Crippen LogP contribution in [0.2, 0.25) is 0 Å². The maximum Gasteiger partial charge on any atom is 0.332 e. The number of methoxy groups -OCH3 is 1. The van der Waals surface area contributed by atoms with Gasteiger partial charge < -0.3 is 10.1 Å². The van der Waals surface area contributed by atoms with Crippen LogP contribution in [0.3, 0.4) is 0 Å². The summed E-state index contributed by atoms with van der Waals surface area (Å²) in [6.45, 7) is 5.72. The average Bonchev–Trinajstić information content (AvgIpc) is 3.27. The van der Waals surface area contributed by atoms with Crippen LogP contribution in [0.25, 0.3) is 10.2 Å². The van der Waals surface area contributed by atoms with Crippen molar-refractivity contribution in [3.05, 3.63) is 90.9 Å². The zero-order valence-electron chi connectivity index (χ0n) is 19.0. The van der Waals surface area contributed by atoms with Crippen molar-refractivity contribution >= 4 is 33.1 Å². The number of carbonyl (C=O) groups excluding carboxylic acids is 1. The van der Waals surface area contributed by atoms with E-state index in [1.165, 1.54) is 15.9 Å². The molecule has 4 aromatic rings. The predicted octanol–water partition coefficient (Wildman–Crippen LogP) is 3.85. The van der Waals surface area contributed by atoms with Gasteiger partial charge in [0.05, 0.1) is 19.2 Å². The van der Waals surface area contributed by atoms with E-state index in [9.17, 15) is 14.4 Å². The van der Waals surface area contributed by atoms with Gasteiger partial charge in [0.25, 0.3) is 5.56 Å². The summed E-state index contributed by atoms with van der Waals surface area (Å²) in [4.78, 5) is 39.4. The number of para-hydroxylation sites is 1. The highest BCUT2D eigenvalue weighted by Gasteiger charge is 2.18. The van der Waals surface area contributed by atoms with Crippen LogP contribution >= 0.6 is 11.3 Å². The number of nitrogens with zero attached hydrogens (tertiary/aromatic N) is 2. The number of anilines is 1. The number of amides is 1. The average molecular weight is 464 g/mol. The molecule has 0 fully saturated rings. The third-order valence-electron chi connectivity index (χ3n) is 5.60. The lowest BCUT2D eigenvalue weighted by Crippen LogP contribution is -2.41. The van der Waals surface area contributed by atoms with Gasteiger partial charge in [0.1, 0.15) is 17.0 Å². The molecule has 0 radical (unpaired) electrons. The van der Waals surface area contributed by atoms with Crippen LogP contribution in [0.1, 0.15) is 22.3 Å². The zero-order chi connectivity index (χ0) is 23.7. The molecule has 1 N–H and O–H groups in total. The fraction of sp³-hybridized carbons (Fsp3) is 0.240. The first-order valence-electron chi connectivity index (χ1n) is 10.5. The van der Waals surface area contributed by atoms with Crippen LogP contribution in [0.5, 0.6) is 5.75 Å². The SMILES string of the molecule is COc1ccccc1Cn1c(=O)c2sccc2n(CC(=O)Nc2c(C)cc(C)cc2C)c1=O. The molecule has 2 aromatic carbocycles. The van der Waals surface area contributed by atoms with Gasteiger partial charge in [-0.3, -0.25) is 18.7 Å². The highest BCUT2D eigenvalue weighted by atomic mass is 32.1. The number of hydrogen-bond donors (Lipinski definition) is 1. The fourth-order valence-corrected chi connectivity index (χ4v) is 4.97. The maximum atomic E-state index is 13.4. The van der Waals surface area contributed by atoms with Crippen LogP contribution in [0, 0.1) is 20.8 Å². The zero-order valence-corrected chi connectivity index (χ0v) is 19.8. The van der Waals surface area contributed by atoms with Gasteiger partial charge in [-0.05, 0) is 49.4 Å². The number of ether oxygens (including phenoxy) is 1. The highest BCUT2D eigenvalue weighted by Crippen LogP contribution is 2.23. The Morgan fingerprint density at radius 1 is 1.03 bits per heavy atom. The standard InChI is InChI=1S/C25H25N3O4S/c1-15-11-16(2)22(17(3)12-15)26-21(29)14-27-19-9-10-33-23(19)24(30)28(25(27)31)13-18-7-5-6-8-20(18)32-4/h5-12H,13-14H2,1-4H3,(H,26,29). The Bertz CT molecular complexity index is 1460. The predicted molar refractivity (Wildman–Crippen MR) is 132 cm³/mol. The molecule has 0 spiro atoms. The van der Waals surface area contributed by atoms with E-state index in [1.54, 1.807) is 24.6 Å².